The number of imidazole rings is 1. The summed E-state index contributed by atoms with van der Waals surface area (Å²) in [5, 5.41) is 20.5. The van der Waals surface area contributed by atoms with E-state index in [1.54, 1.807) is 10.8 Å². The molecule has 0 radical (unpaired) electrons. The monoisotopic (exact) mass is 314 g/mol. The molecule has 1 aromatic heterocycles. The molecule has 2 aromatic rings. The molecule has 120 valence electrons. The Labute approximate surface area is 133 Å². The first-order valence-corrected chi connectivity index (χ1v) is 7.78. The standard InChI is InChI=1S/C16H18N4O3/c21-10-9-19-14-13-4-2-1-3-12(13)5-6-16(14,19)11-18-8-7-17-15(18)20(22)23/h1-4,7-8,14,21H,5-6,9-11H2. The molecule has 7 nitrogen and oxygen atoms in total. The third-order valence-corrected chi connectivity index (χ3v) is 5.14. The summed E-state index contributed by atoms with van der Waals surface area (Å²) in [5.74, 6) is -0.118. The summed E-state index contributed by atoms with van der Waals surface area (Å²) < 4.78 is 1.62. The van der Waals surface area contributed by atoms with Crippen molar-refractivity contribution in [3.8, 4) is 0 Å². The van der Waals surface area contributed by atoms with Crippen molar-refractivity contribution in [3.63, 3.8) is 0 Å². The third-order valence-electron chi connectivity index (χ3n) is 5.14. The quantitative estimate of drug-likeness (QED) is 0.514. The van der Waals surface area contributed by atoms with Crippen LogP contribution < -0.4 is 0 Å². The van der Waals surface area contributed by atoms with Crippen LogP contribution in [0, 0.1) is 10.1 Å². The number of aromatic nitrogens is 2. The molecular formula is C16H18N4O3. The Kier molecular flexibility index (Phi) is 3.21. The maximum Gasteiger partial charge on any atom is 0.434 e. The van der Waals surface area contributed by atoms with Crippen molar-refractivity contribution in [3.05, 3.63) is 57.9 Å². The highest BCUT2D eigenvalue weighted by Crippen LogP contribution is 2.60. The number of benzene rings is 1. The molecule has 1 fully saturated rings. The van der Waals surface area contributed by atoms with Gasteiger partial charge in [-0.1, -0.05) is 29.2 Å². The van der Waals surface area contributed by atoms with Crippen LogP contribution in [-0.4, -0.2) is 43.2 Å². The van der Waals surface area contributed by atoms with E-state index in [1.165, 1.54) is 17.3 Å². The van der Waals surface area contributed by atoms with Crippen LogP contribution in [0.4, 0.5) is 5.95 Å². The van der Waals surface area contributed by atoms with E-state index >= 15 is 0 Å². The maximum absolute atomic E-state index is 11.1. The van der Waals surface area contributed by atoms with Crippen molar-refractivity contribution in [1.82, 2.24) is 14.5 Å². The first kappa shape index (κ1) is 14.3. The molecule has 1 aliphatic heterocycles. The lowest BCUT2D eigenvalue weighted by Gasteiger charge is -2.21. The Bertz CT molecular complexity index is 759. The van der Waals surface area contributed by atoms with Gasteiger partial charge >= 0.3 is 5.95 Å². The lowest BCUT2D eigenvalue weighted by atomic mass is 9.84. The molecule has 23 heavy (non-hydrogen) atoms. The number of nitro groups is 1. The SMILES string of the molecule is O=[N+]([O-])c1nccn1CC12CCc3ccccc3C1N2CCO. The second-order valence-corrected chi connectivity index (χ2v) is 6.23. The van der Waals surface area contributed by atoms with E-state index in [4.69, 9.17) is 0 Å². The maximum atomic E-state index is 11.1. The van der Waals surface area contributed by atoms with Crippen LogP contribution in [0.15, 0.2) is 36.7 Å². The number of aryl methyl sites for hydroxylation is 1. The van der Waals surface area contributed by atoms with Gasteiger partial charge in [-0.15, -0.1) is 0 Å². The number of aliphatic hydroxyl groups is 1. The van der Waals surface area contributed by atoms with E-state index < -0.39 is 4.92 Å². The predicted octanol–water partition coefficient (Wildman–Crippen LogP) is 1.53. The minimum atomic E-state index is -0.443. The second-order valence-electron chi connectivity index (χ2n) is 6.23. The Morgan fingerprint density at radius 1 is 1.43 bits per heavy atom. The molecule has 0 bridgehead atoms. The summed E-state index contributed by atoms with van der Waals surface area (Å²) in [6, 6.07) is 8.58. The molecule has 0 spiro atoms. The fourth-order valence-corrected chi connectivity index (χ4v) is 4.16. The summed E-state index contributed by atoms with van der Waals surface area (Å²) >= 11 is 0. The largest absolute Gasteiger partial charge is 0.434 e. The van der Waals surface area contributed by atoms with E-state index in [0.717, 1.165) is 12.8 Å². The van der Waals surface area contributed by atoms with E-state index in [1.807, 2.05) is 12.1 Å². The molecule has 0 saturated carbocycles. The second kappa shape index (κ2) is 5.14. The Balaban J connectivity index is 1.69. The van der Waals surface area contributed by atoms with Gasteiger partial charge in [-0.25, -0.2) is 4.57 Å². The molecule has 4 rings (SSSR count). The minimum Gasteiger partial charge on any atom is -0.395 e. The van der Waals surface area contributed by atoms with Crippen molar-refractivity contribution in [2.24, 2.45) is 0 Å². The Hall–Kier alpha value is -2.25. The summed E-state index contributed by atoms with van der Waals surface area (Å²) in [4.78, 5) is 16.8. The minimum absolute atomic E-state index is 0.0897. The third kappa shape index (κ3) is 2.08. The van der Waals surface area contributed by atoms with Crippen LogP contribution in [0.3, 0.4) is 0 Å². The summed E-state index contributed by atoms with van der Waals surface area (Å²) in [5.41, 5.74) is 2.48. The van der Waals surface area contributed by atoms with Crippen LogP contribution in [0.2, 0.25) is 0 Å². The topological polar surface area (TPSA) is 84.2 Å². The van der Waals surface area contributed by atoms with Crippen LogP contribution in [0.5, 0.6) is 0 Å². The van der Waals surface area contributed by atoms with Gasteiger partial charge in [0.1, 0.15) is 12.4 Å². The van der Waals surface area contributed by atoms with Gasteiger partial charge in [0.25, 0.3) is 0 Å². The highest BCUT2D eigenvalue weighted by atomic mass is 16.6. The van der Waals surface area contributed by atoms with Crippen LogP contribution in [0.1, 0.15) is 23.6 Å². The number of rotatable bonds is 5. The highest BCUT2D eigenvalue weighted by Gasteiger charge is 2.65. The number of nitrogens with zero attached hydrogens (tertiary/aromatic N) is 4. The number of fused-ring (bicyclic) bond motifs is 3. The van der Waals surface area contributed by atoms with Crippen molar-refractivity contribution in [1.29, 1.82) is 0 Å². The van der Waals surface area contributed by atoms with Crippen molar-refractivity contribution in [2.45, 2.75) is 31.0 Å². The summed E-state index contributed by atoms with van der Waals surface area (Å²) in [7, 11) is 0. The van der Waals surface area contributed by atoms with Gasteiger partial charge in [0.05, 0.1) is 24.7 Å². The van der Waals surface area contributed by atoms with Crippen LogP contribution >= 0.6 is 0 Å². The highest BCUT2D eigenvalue weighted by molar-refractivity contribution is 5.42. The molecule has 2 aliphatic rings. The van der Waals surface area contributed by atoms with E-state index in [-0.39, 0.29) is 24.1 Å². The molecule has 2 heterocycles. The van der Waals surface area contributed by atoms with Crippen molar-refractivity contribution < 1.29 is 10.0 Å². The first-order valence-electron chi connectivity index (χ1n) is 7.78. The fourth-order valence-electron chi connectivity index (χ4n) is 4.16. The molecule has 1 N–H and O–H groups in total. The molecule has 1 aromatic carbocycles. The molecule has 3 unspecified atom stereocenters. The smallest absolute Gasteiger partial charge is 0.395 e. The molecule has 0 amide bonds. The van der Waals surface area contributed by atoms with Gasteiger partial charge in [0.2, 0.25) is 0 Å². The van der Waals surface area contributed by atoms with Gasteiger partial charge in [0, 0.05) is 6.54 Å². The lowest BCUT2D eigenvalue weighted by molar-refractivity contribution is -0.396. The number of hydrogen-bond acceptors (Lipinski definition) is 5. The molecular weight excluding hydrogens is 296 g/mol. The average Bonchev–Trinajstić information content (AvgIpc) is 2.93. The predicted molar refractivity (Wildman–Crippen MR) is 82.9 cm³/mol. The summed E-state index contributed by atoms with van der Waals surface area (Å²) in [6.07, 6.45) is 5.03. The first-order chi connectivity index (χ1) is 11.2. The molecule has 1 saturated heterocycles. The number of aliphatic hydroxyl groups excluding tert-OH is 1. The molecule has 3 atom stereocenters. The van der Waals surface area contributed by atoms with Crippen LogP contribution in [-0.2, 0) is 13.0 Å². The summed E-state index contributed by atoms with van der Waals surface area (Å²) in [6.45, 7) is 1.20. The number of β-amino-alcohol motifs (C(OH)–C–C–N with tert-alkyl or cyclic N) is 1. The van der Waals surface area contributed by atoms with Gasteiger partial charge in [-0.3, -0.25) is 4.90 Å². The van der Waals surface area contributed by atoms with E-state index in [0.29, 0.717) is 13.1 Å². The van der Waals surface area contributed by atoms with Gasteiger partial charge in [-0.05, 0) is 28.9 Å². The zero-order valence-corrected chi connectivity index (χ0v) is 12.6. The molecule has 7 heteroatoms. The Morgan fingerprint density at radius 3 is 3.04 bits per heavy atom. The number of hydrogen-bond donors (Lipinski definition) is 1. The Morgan fingerprint density at radius 2 is 2.26 bits per heavy atom. The average molecular weight is 314 g/mol. The zero-order valence-electron chi connectivity index (χ0n) is 12.6. The van der Waals surface area contributed by atoms with Crippen LogP contribution in [0.25, 0.3) is 0 Å². The van der Waals surface area contributed by atoms with Gasteiger partial charge < -0.3 is 15.2 Å². The normalized spacial score (nSPS) is 28.0. The zero-order chi connectivity index (χ0) is 16.0. The van der Waals surface area contributed by atoms with Gasteiger partial charge in [-0.2, -0.15) is 0 Å². The molecule has 1 aliphatic carbocycles. The van der Waals surface area contributed by atoms with Gasteiger partial charge in [0.15, 0.2) is 0 Å². The lowest BCUT2D eigenvalue weighted by Crippen LogP contribution is -2.29. The van der Waals surface area contributed by atoms with E-state index in [2.05, 4.69) is 22.0 Å². The van der Waals surface area contributed by atoms with E-state index in [9.17, 15) is 15.2 Å². The van der Waals surface area contributed by atoms with Crippen molar-refractivity contribution in [2.75, 3.05) is 13.2 Å². The fraction of sp³-hybridized carbons (Fsp3) is 0.438. The van der Waals surface area contributed by atoms with Crippen molar-refractivity contribution >= 4 is 5.95 Å².